The molecule has 0 radical (unpaired) electrons. The number of carbonyl (C=O) groups excluding carboxylic acids is 2. The maximum Gasteiger partial charge on any atom is 0.175 e. The van der Waals surface area contributed by atoms with Crippen molar-refractivity contribution < 1.29 is 9.59 Å². The van der Waals surface area contributed by atoms with Gasteiger partial charge in [0.15, 0.2) is 20.2 Å². The Bertz CT molecular complexity index is 1420. The minimum atomic E-state index is 0.0743. The number of carbonyl (C=O) groups is 2. The van der Waals surface area contributed by atoms with Gasteiger partial charge in [0.05, 0.1) is 11.5 Å². The second kappa shape index (κ2) is 10.4. The second-order valence-corrected chi connectivity index (χ2v) is 11.4. The minimum Gasteiger partial charge on any atom is -0.347 e. The average molecular weight is 521 g/mol. The normalized spacial score (nSPS) is 11.5. The maximum atomic E-state index is 12.9. The number of para-hydroxylation sites is 2. The van der Waals surface area contributed by atoms with Crippen LogP contribution < -0.4 is 0 Å². The Kier molecular flexibility index (Phi) is 7.08. The lowest BCUT2D eigenvalue weighted by Crippen LogP contribution is -2.01. The summed E-state index contributed by atoms with van der Waals surface area (Å²) >= 11 is 4.21. The molecule has 9 heteroatoms. The summed E-state index contributed by atoms with van der Waals surface area (Å²) in [5.41, 5.74) is 3.63. The molecule has 2 aromatic carbocycles. The molecule has 0 saturated heterocycles. The summed E-state index contributed by atoms with van der Waals surface area (Å²) in [5, 5.41) is 10.4. The van der Waals surface area contributed by atoms with Crippen molar-refractivity contribution in [1.29, 1.82) is 0 Å². The van der Waals surface area contributed by atoms with E-state index in [0.717, 1.165) is 54.7 Å². The van der Waals surface area contributed by atoms with E-state index in [4.69, 9.17) is 0 Å². The van der Waals surface area contributed by atoms with Gasteiger partial charge < -0.3 is 9.13 Å². The van der Waals surface area contributed by atoms with E-state index in [-0.39, 0.29) is 11.6 Å². The molecule has 0 N–H and O–H groups in total. The van der Waals surface area contributed by atoms with Crippen LogP contribution in [0.25, 0.3) is 21.8 Å². The van der Waals surface area contributed by atoms with Gasteiger partial charge >= 0.3 is 0 Å². The molecule has 0 spiro atoms. The Morgan fingerprint density at radius 3 is 1.60 bits per heavy atom. The van der Waals surface area contributed by atoms with E-state index in [9.17, 15) is 9.59 Å². The van der Waals surface area contributed by atoms with Crippen LogP contribution >= 0.6 is 34.9 Å². The lowest BCUT2D eigenvalue weighted by molar-refractivity contribution is 0.101. The molecule has 0 bridgehead atoms. The second-order valence-electron chi connectivity index (χ2n) is 7.95. The largest absolute Gasteiger partial charge is 0.347 e. The summed E-state index contributed by atoms with van der Waals surface area (Å²) < 4.78 is 5.66. The van der Waals surface area contributed by atoms with Crippen LogP contribution in [0.3, 0.4) is 0 Å². The van der Waals surface area contributed by atoms with Gasteiger partial charge in [0.2, 0.25) is 0 Å². The molecule has 0 fully saturated rings. The van der Waals surface area contributed by atoms with Crippen LogP contribution in [0.4, 0.5) is 0 Å². The number of hydrogen-bond donors (Lipinski definition) is 0. The molecule has 0 unspecified atom stereocenters. The predicted molar refractivity (Wildman–Crippen MR) is 145 cm³/mol. The van der Waals surface area contributed by atoms with Crippen molar-refractivity contribution in [3.05, 3.63) is 72.1 Å². The summed E-state index contributed by atoms with van der Waals surface area (Å²) in [4.78, 5) is 25.9. The SMILES string of the molecule is CCn1cc(C(=O)CSc2nnc(SCC(=O)c3cn(CC)c4ccccc34)s2)c2ccccc21. The summed E-state index contributed by atoms with van der Waals surface area (Å²) in [7, 11) is 0. The third kappa shape index (κ3) is 4.80. The molecule has 35 heavy (non-hydrogen) atoms. The Morgan fingerprint density at radius 1 is 0.743 bits per heavy atom. The van der Waals surface area contributed by atoms with Crippen LogP contribution in [0, 0.1) is 0 Å². The van der Waals surface area contributed by atoms with Gasteiger partial charge in [0.25, 0.3) is 0 Å². The molecule has 5 rings (SSSR count). The first-order chi connectivity index (χ1) is 17.1. The van der Waals surface area contributed by atoms with E-state index in [0.29, 0.717) is 11.5 Å². The van der Waals surface area contributed by atoms with Crippen LogP contribution in [-0.4, -0.2) is 42.4 Å². The predicted octanol–water partition coefficient (Wildman–Crippen LogP) is 6.44. The van der Waals surface area contributed by atoms with Gasteiger partial charge in [0.1, 0.15) is 0 Å². The molecule has 5 aromatic rings. The fraction of sp³-hybridized carbons (Fsp3) is 0.231. The third-order valence-electron chi connectivity index (χ3n) is 5.90. The van der Waals surface area contributed by atoms with Crippen molar-refractivity contribution in [1.82, 2.24) is 19.3 Å². The van der Waals surface area contributed by atoms with Gasteiger partial charge in [-0.2, -0.15) is 0 Å². The summed E-state index contributed by atoms with van der Waals surface area (Å²) in [6, 6.07) is 16.0. The van der Waals surface area contributed by atoms with Crippen LogP contribution in [0.5, 0.6) is 0 Å². The lowest BCUT2D eigenvalue weighted by atomic mass is 10.1. The van der Waals surface area contributed by atoms with Gasteiger partial charge in [-0.3, -0.25) is 9.59 Å². The summed E-state index contributed by atoms with van der Waals surface area (Å²) in [6.45, 7) is 5.77. The Labute approximate surface area is 215 Å². The minimum absolute atomic E-state index is 0.0743. The van der Waals surface area contributed by atoms with Crippen molar-refractivity contribution in [2.45, 2.75) is 35.6 Å². The number of nitrogens with zero attached hydrogens (tertiary/aromatic N) is 4. The van der Waals surface area contributed by atoms with Gasteiger partial charge in [0, 0.05) is 58.4 Å². The van der Waals surface area contributed by atoms with E-state index in [1.54, 1.807) is 0 Å². The molecule has 0 aliphatic heterocycles. The molecule has 0 aliphatic rings. The average Bonchev–Trinajstić information content (AvgIpc) is 3.61. The van der Waals surface area contributed by atoms with Crippen molar-refractivity contribution in [2.75, 3.05) is 11.5 Å². The molecule has 0 amide bonds. The molecular weight excluding hydrogens is 497 g/mol. The molecule has 3 aromatic heterocycles. The maximum absolute atomic E-state index is 12.9. The molecule has 0 saturated carbocycles. The Balaban J connectivity index is 1.21. The molecule has 3 heterocycles. The van der Waals surface area contributed by atoms with Gasteiger partial charge in [-0.25, -0.2) is 0 Å². The van der Waals surface area contributed by atoms with Crippen LogP contribution in [0.15, 0.2) is 69.6 Å². The number of hydrogen-bond acceptors (Lipinski definition) is 7. The number of Topliss-reactive ketones (excluding diaryl/α,β-unsaturated/α-hetero) is 2. The zero-order chi connectivity index (χ0) is 24.4. The number of thioether (sulfide) groups is 2. The Morgan fingerprint density at radius 2 is 1.17 bits per heavy atom. The summed E-state index contributed by atoms with van der Waals surface area (Å²) in [5.74, 6) is 0.745. The monoisotopic (exact) mass is 520 g/mol. The fourth-order valence-corrected chi connectivity index (χ4v) is 6.97. The first-order valence-corrected chi connectivity index (χ1v) is 14.2. The van der Waals surface area contributed by atoms with E-state index in [1.165, 1.54) is 34.9 Å². The highest BCUT2D eigenvalue weighted by atomic mass is 32.2. The topological polar surface area (TPSA) is 69.8 Å². The smallest absolute Gasteiger partial charge is 0.175 e. The highest BCUT2D eigenvalue weighted by molar-refractivity contribution is 8.03. The molecule has 0 atom stereocenters. The van der Waals surface area contributed by atoms with Crippen molar-refractivity contribution >= 4 is 68.2 Å². The van der Waals surface area contributed by atoms with Crippen LogP contribution in [-0.2, 0) is 13.1 Å². The number of aromatic nitrogens is 4. The standard InChI is InChI=1S/C26H24N4O2S3/c1-3-29-13-19(17-9-5-7-11-21(17)29)23(31)15-33-25-27-28-26(35-25)34-16-24(32)20-14-30(4-2)22-12-8-6-10-18(20)22/h5-14H,3-4,15-16H2,1-2H3. The van der Waals surface area contributed by atoms with E-state index >= 15 is 0 Å². The first-order valence-electron chi connectivity index (χ1n) is 11.4. The van der Waals surface area contributed by atoms with E-state index in [1.807, 2.05) is 60.9 Å². The van der Waals surface area contributed by atoms with Gasteiger partial charge in [-0.15, -0.1) is 10.2 Å². The van der Waals surface area contributed by atoms with Crippen LogP contribution in [0.2, 0.25) is 0 Å². The van der Waals surface area contributed by atoms with Gasteiger partial charge in [-0.1, -0.05) is 71.3 Å². The van der Waals surface area contributed by atoms with E-state index < -0.39 is 0 Å². The van der Waals surface area contributed by atoms with Crippen molar-refractivity contribution in [2.24, 2.45) is 0 Å². The summed E-state index contributed by atoms with van der Waals surface area (Å²) in [6.07, 6.45) is 3.88. The van der Waals surface area contributed by atoms with Crippen molar-refractivity contribution in [3.63, 3.8) is 0 Å². The Hall–Kier alpha value is -2.88. The van der Waals surface area contributed by atoms with Crippen LogP contribution in [0.1, 0.15) is 34.6 Å². The third-order valence-corrected chi connectivity index (χ3v) is 9.09. The van der Waals surface area contributed by atoms with Gasteiger partial charge in [-0.05, 0) is 26.0 Å². The zero-order valence-electron chi connectivity index (χ0n) is 19.4. The lowest BCUT2D eigenvalue weighted by Gasteiger charge is -1.98. The quantitative estimate of drug-likeness (QED) is 0.156. The molecule has 0 aliphatic carbocycles. The number of ketones is 2. The number of aryl methyl sites for hydroxylation is 2. The fourth-order valence-electron chi connectivity index (χ4n) is 4.19. The molecular formula is C26H24N4O2S3. The highest BCUT2D eigenvalue weighted by Gasteiger charge is 2.18. The highest BCUT2D eigenvalue weighted by Crippen LogP contribution is 2.31. The molecule has 178 valence electrons. The zero-order valence-corrected chi connectivity index (χ0v) is 21.9. The van der Waals surface area contributed by atoms with E-state index in [2.05, 4.69) is 33.2 Å². The number of rotatable bonds is 10. The number of benzene rings is 2. The van der Waals surface area contributed by atoms with Crippen molar-refractivity contribution in [3.8, 4) is 0 Å². The number of fused-ring (bicyclic) bond motifs is 2. The molecule has 6 nitrogen and oxygen atoms in total. The first kappa shape index (κ1) is 23.8.